The molecule has 0 saturated carbocycles. The topological polar surface area (TPSA) is 55.4 Å². The second kappa shape index (κ2) is 8.95. The van der Waals surface area contributed by atoms with Crippen molar-refractivity contribution in [3.63, 3.8) is 0 Å². The molecule has 0 bridgehead atoms. The van der Waals surface area contributed by atoms with Crippen LogP contribution in [0.15, 0.2) is 78.9 Å². The Morgan fingerprint density at radius 3 is 2.07 bits per heavy atom. The molecule has 3 aromatic rings. The Bertz CT molecular complexity index is 938. The number of hydrogen-bond acceptors (Lipinski definition) is 3. The van der Waals surface area contributed by atoms with Crippen molar-refractivity contribution in [2.24, 2.45) is 0 Å². The lowest BCUT2D eigenvalue weighted by molar-refractivity contribution is -0.127. The Morgan fingerprint density at radius 2 is 1.46 bits per heavy atom. The molecule has 28 heavy (non-hydrogen) atoms. The number of hydrogen-bond donors (Lipinski definition) is 1. The molecule has 0 aliphatic heterocycles. The van der Waals surface area contributed by atoms with Gasteiger partial charge in [-0.1, -0.05) is 30.3 Å². The second-order valence-electron chi connectivity index (χ2n) is 6.32. The number of ether oxygens (including phenoxy) is 1. The molecule has 3 rings (SSSR count). The molecule has 0 spiro atoms. The predicted octanol–water partition coefficient (Wildman–Crippen LogP) is 4.14. The molecule has 1 N–H and O–H groups in total. The SMILES string of the molecule is C[C@@H](Oc1ccc(C(=O)c2ccc(F)cc2)cc1)C(=O)NCc1ccccc1. The number of amides is 1. The van der Waals surface area contributed by atoms with Gasteiger partial charge in [-0.3, -0.25) is 9.59 Å². The lowest BCUT2D eigenvalue weighted by atomic mass is 10.0. The lowest BCUT2D eigenvalue weighted by Gasteiger charge is -2.15. The number of benzene rings is 3. The van der Waals surface area contributed by atoms with Gasteiger partial charge in [0.15, 0.2) is 11.9 Å². The molecule has 0 radical (unpaired) electrons. The van der Waals surface area contributed by atoms with E-state index in [1.807, 2.05) is 30.3 Å². The molecule has 0 saturated heterocycles. The maximum atomic E-state index is 13.0. The molecule has 1 amide bonds. The van der Waals surface area contributed by atoms with Gasteiger partial charge in [0.25, 0.3) is 5.91 Å². The Balaban J connectivity index is 1.56. The van der Waals surface area contributed by atoms with Crippen molar-refractivity contribution in [2.45, 2.75) is 19.6 Å². The van der Waals surface area contributed by atoms with Crippen molar-refractivity contribution < 1.29 is 18.7 Å². The smallest absolute Gasteiger partial charge is 0.261 e. The quantitative estimate of drug-likeness (QED) is 0.630. The Hall–Kier alpha value is -3.47. The predicted molar refractivity (Wildman–Crippen MR) is 105 cm³/mol. The summed E-state index contributed by atoms with van der Waals surface area (Å²) in [4.78, 5) is 24.6. The van der Waals surface area contributed by atoms with Crippen LogP contribution in [0.4, 0.5) is 4.39 Å². The van der Waals surface area contributed by atoms with Gasteiger partial charge in [-0.05, 0) is 61.0 Å². The Morgan fingerprint density at radius 1 is 0.893 bits per heavy atom. The van der Waals surface area contributed by atoms with Gasteiger partial charge in [-0.25, -0.2) is 4.39 Å². The van der Waals surface area contributed by atoms with Gasteiger partial charge >= 0.3 is 0 Å². The number of halogens is 1. The molecule has 4 nitrogen and oxygen atoms in total. The molecular formula is C23H20FNO3. The molecule has 1 atom stereocenters. The maximum Gasteiger partial charge on any atom is 0.261 e. The highest BCUT2D eigenvalue weighted by Crippen LogP contribution is 2.17. The number of carbonyl (C=O) groups is 2. The summed E-state index contributed by atoms with van der Waals surface area (Å²) in [7, 11) is 0. The standard InChI is InChI=1S/C23H20FNO3/c1-16(23(27)25-15-17-5-3-2-4-6-17)28-21-13-9-19(10-14-21)22(26)18-7-11-20(24)12-8-18/h2-14,16H,15H2,1H3,(H,25,27)/t16-/m1/s1. The normalized spacial score (nSPS) is 11.5. The minimum atomic E-state index is -0.678. The fourth-order valence-electron chi connectivity index (χ4n) is 2.64. The fourth-order valence-corrected chi connectivity index (χ4v) is 2.64. The molecule has 3 aromatic carbocycles. The van der Waals surface area contributed by atoms with E-state index < -0.39 is 6.10 Å². The van der Waals surface area contributed by atoms with Crippen LogP contribution >= 0.6 is 0 Å². The summed E-state index contributed by atoms with van der Waals surface area (Å²) in [6.07, 6.45) is -0.678. The molecule has 0 aliphatic rings. The van der Waals surface area contributed by atoms with Gasteiger partial charge in [-0.15, -0.1) is 0 Å². The van der Waals surface area contributed by atoms with E-state index in [1.54, 1.807) is 31.2 Å². The first kappa shape index (κ1) is 19.3. The number of rotatable bonds is 7. The molecule has 142 valence electrons. The zero-order chi connectivity index (χ0) is 19.9. The zero-order valence-electron chi connectivity index (χ0n) is 15.4. The molecule has 0 aliphatic carbocycles. The van der Waals surface area contributed by atoms with Crippen LogP contribution in [0, 0.1) is 5.82 Å². The van der Waals surface area contributed by atoms with Crippen molar-refractivity contribution in [2.75, 3.05) is 0 Å². The number of carbonyl (C=O) groups excluding carboxylic acids is 2. The van der Waals surface area contributed by atoms with E-state index in [9.17, 15) is 14.0 Å². The van der Waals surface area contributed by atoms with Crippen LogP contribution in [0.3, 0.4) is 0 Å². The monoisotopic (exact) mass is 377 g/mol. The highest BCUT2D eigenvalue weighted by Gasteiger charge is 2.15. The Labute approximate surface area is 163 Å². The van der Waals surface area contributed by atoms with Crippen molar-refractivity contribution in [1.82, 2.24) is 5.32 Å². The van der Waals surface area contributed by atoms with E-state index in [2.05, 4.69) is 5.32 Å². The van der Waals surface area contributed by atoms with Crippen LogP contribution in [0.1, 0.15) is 28.4 Å². The molecule has 0 aromatic heterocycles. The Kier molecular flexibility index (Phi) is 6.17. The largest absolute Gasteiger partial charge is 0.481 e. The minimum absolute atomic E-state index is 0.208. The second-order valence-corrected chi connectivity index (χ2v) is 6.32. The van der Waals surface area contributed by atoms with E-state index >= 15 is 0 Å². The van der Waals surface area contributed by atoms with Gasteiger partial charge < -0.3 is 10.1 Å². The van der Waals surface area contributed by atoms with Crippen LogP contribution in [0.2, 0.25) is 0 Å². The lowest BCUT2D eigenvalue weighted by Crippen LogP contribution is -2.35. The summed E-state index contributed by atoms with van der Waals surface area (Å²) in [6.45, 7) is 2.09. The molecule has 0 fully saturated rings. The van der Waals surface area contributed by atoms with Gasteiger partial charge in [0.1, 0.15) is 11.6 Å². The van der Waals surface area contributed by atoms with Gasteiger partial charge in [0.05, 0.1) is 0 Å². The van der Waals surface area contributed by atoms with Crippen molar-refractivity contribution in [1.29, 1.82) is 0 Å². The highest BCUT2D eigenvalue weighted by atomic mass is 19.1. The van der Waals surface area contributed by atoms with Crippen molar-refractivity contribution in [3.8, 4) is 5.75 Å². The average molecular weight is 377 g/mol. The first-order valence-corrected chi connectivity index (χ1v) is 8.91. The van der Waals surface area contributed by atoms with Crippen molar-refractivity contribution in [3.05, 3.63) is 101 Å². The third-order valence-corrected chi connectivity index (χ3v) is 4.21. The average Bonchev–Trinajstić information content (AvgIpc) is 2.73. The molecule has 5 heteroatoms. The van der Waals surface area contributed by atoms with Crippen LogP contribution in [-0.4, -0.2) is 17.8 Å². The van der Waals surface area contributed by atoms with Gasteiger partial charge in [0.2, 0.25) is 0 Å². The molecular weight excluding hydrogens is 357 g/mol. The van der Waals surface area contributed by atoms with Crippen LogP contribution < -0.4 is 10.1 Å². The summed E-state index contributed by atoms with van der Waals surface area (Å²) < 4.78 is 18.6. The summed E-state index contributed by atoms with van der Waals surface area (Å²) in [5, 5.41) is 2.83. The molecule has 0 heterocycles. The minimum Gasteiger partial charge on any atom is -0.481 e. The van der Waals surface area contributed by atoms with E-state index in [1.165, 1.54) is 24.3 Å². The maximum absolute atomic E-state index is 13.0. The fraction of sp³-hybridized carbons (Fsp3) is 0.130. The summed E-state index contributed by atoms with van der Waals surface area (Å²) in [5.74, 6) is -0.339. The zero-order valence-corrected chi connectivity index (χ0v) is 15.4. The van der Waals surface area contributed by atoms with E-state index in [4.69, 9.17) is 4.74 Å². The third kappa shape index (κ3) is 5.04. The molecule has 0 unspecified atom stereocenters. The summed E-state index contributed by atoms with van der Waals surface area (Å²) >= 11 is 0. The van der Waals surface area contributed by atoms with Crippen LogP contribution in [0.25, 0.3) is 0 Å². The van der Waals surface area contributed by atoms with E-state index in [0.29, 0.717) is 23.4 Å². The van der Waals surface area contributed by atoms with Crippen molar-refractivity contribution >= 4 is 11.7 Å². The first-order chi connectivity index (χ1) is 13.5. The van der Waals surface area contributed by atoms with Crippen LogP contribution in [-0.2, 0) is 11.3 Å². The van der Waals surface area contributed by atoms with Gasteiger partial charge in [0, 0.05) is 17.7 Å². The number of nitrogens with one attached hydrogen (secondary N) is 1. The number of ketones is 1. The summed E-state index contributed by atoms with van der Waals surface area (Å²) in [5.41, 5.74) is 1.87. The third-order valence-electron chi connectivity index (χ3n) is 4.21. The van der Waals surface area contributed by atoms with Gasteiger partial charge in [-0.2, -0.15) is 0 Å². The summed E-state index contributed by atoms with van der Waals surface area (Å²) in [6, 6.07) is 21.5. The van der Waals surface area contributed by atoms with Crippen LogP contribution in [0.5, 0.6) is 5.75 Å². The van der Waals surface area contributed by atoms with E-state index in [0.717, 1.165) is 5.56 Å². The highest BCUT2D eigenvalue weighted by molar-refractivity contribution is 6.09. The van der Waals surface area contributed by atoms with E-state index in [-0.39, 0.29) is 17.5 Å². The first-order valence-electron chi connectivity index (χ1n) is 8.91.